The van der Waals surface area contributed by atoms with Crippen LogP contribution in [0.4, 0.5) is 0 Å². The van der Waals surface area contributed by atoms with Crippen molar-refractivity contribution in [1.82, 2.24) is 4.98 Å². The summed E-state index contributed by atoms with van der Waals surface area (Å²) >= 11 is 5.73. The van der Waals surface area contributed by atoms with E-state index < -0.39 is 0 Å². The van der Waals surface area contributed by atoms with Gasteiger partial charge in [0.2, 0.25) is 0 Å². The fourth-order valence-electron chi connectivity index (χ4n) is 1.11. The van der Waals surface area contributed by atoms with Crippen molar-refractivity contribution >= 4 is 11.6 Å². The molecule has 66 valence electrons. The molecule has 0 unspecified atom stereocenters. The summed E-state index contributed by atoms with van der Waals surface area (Å²) in [6, 6.07) is 3.50. The van der Waals surface area contributed by atoms with Crippen LogP contribution >= 0.6 is 11.6 Å². The van der Waals surface area contributed by atoms with Gasteiger partial charge in [-0.3, -0.25) is 0 Å². The molecular weight excluding hydrogens is 174 g/mol. The number of rotatable bonds is 2. The zero-order valence-electron chi connectivity index (χ0n) is 7.21. The number of aliphatic hydroxyl groups is 1. The van der Waals surface area contributed by atoms with Crippen LogP contribution in [-0.2, 0) is 6.61 Å². The molecule has 2 nitrogen and oxygen atoms in total. The van der Waals surface area contributed by atoms with Crippen LogP contribution in [0, 0.1) is 0 Å². The van der Waals surface area contributed by atoms with Gasteiger partial charge in [-0.25, -0.2) is 4.98 Å². The van der Waals surface area contributed by atoms with Gasteiger partial charge in [-0.1, -0.05) is 31.5 Å². The van der Waals surface area contributed by atoms with Crippen LogP contribution in [0.3, 0.4) is 0 Å². The summed E-state index contributed by atoms with van der Waals surface area (Å²) in [6.07, 6.45) is 0. The molecule has 0 bridgehead atoms. The number of hydrogen-bond acceptors (Lipinski definition) is 2. The summed E-state index contributed by atoms with van der Waals surface area (Å²) in [4.78, 5) is 4.15. The molecule has 0 atom stereocenters. The van der Waals surface area contributed by atoms with Crippen molar-refractivity contribution in [2.24, 2.45) is 0 Å². The molecule has 0 aromatic carbocycles. The first kappa shape index (κ1) is 9.49. The SMILES string of the molecule is CC(C)c1nc(Cl)ccc1CO. The zero-order chi connectivity index (χ0) is 9.14. The minimum atomic E-state index is 0.0255. The second-order valence-corrected chi connectivity index (χ2v) is 3.38. The smallest absolute Gasteiger partial charge is 0.129 e. The highest BCUT2D eigenvalue weighted by Gasteiger charge is 2.07. The van der Waals surface area contributed by atoms with E-state index in [1.165, 1.54) is 0 Å². The van der Waals surface area contributed by atoms with Crippen LogP contribution in [0.15, 0.2) is 12.1 Å². The maximum atomic E-state index is 8.98. The summed E-state index contributed by atoms with van der Waals surface area (Å²) in [5.41, 5.74) is 1.74. The number of nitrogens with zero attached hydrogens (tertiary/aromatic N) is 1. The fraction of sp³-hybridized carbons (Fsp3) is 0.444. The Labute approximate surface area is 77.2 Å². The molecule has 0 amide bonds. The Morgan fingerprint density at radius 1 is 1.50 bits per heavy atom. The lowest BCUT2D eigenvalue weighted by Crippen LogP contribution is -1.99. The molecule has 3 heteroatoms. The summed E-state index contributed by atoms with van der Waals surface area (Å²) < 4.78 is 0. The molecule has 1 heterocycles. The van der Waals surface area contributed by atoms with E-state index in [4.69, 9.17) is 16.7 Å². The number of aliphatic hydroxyl groups excluding tert-OH is 1. The van der Waals surface area contributed by atoms with Gasteiger partial charge < -0.3 is 5.11 Å². The lowest BCUT2D eigenvalue weighted by molar-refractivity contribution is 0.279. The van der Waals surface area contributed by atoms with Crippen LogP contribution in [0.5, 0.6) is 0 Å². The maximum Gasteiger partial charge on any atom is 0.129 e. The van der Waals surface area contributed by atoms with Gasteiger partial charge in [-0.05, 0) is 17.5 Å². The van der Waals surface area contributed by atoms with E-state index >= 15 is 0 Å². The minimum absolute atomic E-state index is 0.0255. The molecule has 0 aliphatic rings. The van der Waals surface area contributed by atoms with Crippen LogP contribution in [-0.4, -0.2) is 10.1 Å². The fourth-order valence-corrected chi connectivity index (χ4v) is 1.27. The van der Waals surface area contributed by atoms with E-state index in [2.05, 4.69) is 4.98 Å². The Bertz CT molecular complexity index is 273. The van der Waals surface area contributed by atoms with Gasteiger partial charge in [-0.2, -0.15) is 0 Å². The van der Waals surface area contributed by atoms with Gasteiger partial charge in [-0.15, -0.1) is 0 Å². The molecule has 0 aliphatic carbocycles. The highest BCUT2D eigenvalue weighted by atomic mass is 35.5. The molecule has 0 saturated carbocycles. The molecule has 1 aromatic heterocycles. The Morgan fingerprint density at radius 2 is 2.17 bits per heavy atom. The molecule has 1 aromatic rings. The largest absolute Gasteiger partial charge is 0.392 e. The van der Waals surface area contributed by atoms with Crippen molar-refractivity contribution in [2.45, 2.75) is 26.4 Å². The van der Waals surface area contributed by atoms with Crippen molar-refractivity contribution in [3.8, 4) is 0 Å². The van der Waals surface area contributed by atoms with Crippen molar-refractivity contribution in [2.75, 3.05) is 0 Å². The molecule has 0 radical (unpaired) electrons. The standard InChI is InChI=1S/C9H12ClNO/c1-6(2)9-7(5-12)3-4-8(10)11-9/h3-4,6,12H,5H2,1-2H3. The summed E-state index contributed by atoms with van der Waals surface area (Å²) in [6.45, 7) is 4.08. The number of halogens is 1. The third kappa shape index (κ3) is 1.96. The molecule has 0 fully saturated rings. The van der Waals surface area contributed by atoms with Crippen molar-refractivity contribution in [3.05, 3.63) is 28.5 Å². The molecule has 0 aliphatic heterocycles. The lowest BCUT2D eigenvalue weighted by atomic mass is 10.0. The predicted octanol–water partition coefficient (Wildman–Crippen LogP) is 2.35. The zero-order valence-corrected chi connectivity index (χ0v) is 7.97. The van der Waals surface area contributed by atoms with Crippen molar-refractivity contribution in [1.29, 1.82) is 0 Å². The third-order valence-electron chi connectivity index (χ3n) is 1.70. The van der Waals surface area contributed by atoms with E-state index in [1.807, 2.05) is 19.9 Å². The molecule has 0 saturated heterocycles. The van der Waals surface area contributed by atoms with E-state index in [0.717, 1.165) is 11.3 Å². The first-order valence-corrected chi connectivity index (χ1v) is 4.29. The topological polar surface area (TPSA) is 33.1 Å². The minimum Gasteiger partial charge on any atom is -0.392 e. The highest BCUT2D eigenvalue weighted by Crippen LogP contribution is 2.19. The predicted molar refractivity (Wildman–Crippen MR) is 49.3 cm³/mol. The van der Waals surface area contributed by atoms with Crippen LogP contribution in [0.2, 0.25) is 5.15 Å². The van der Waals surface area contributed by atoms with Gasteiger partial charge in [0.15, 0.2) is 0 Å². The maximum absolute atomic E-state index is 8.98. The van der Waals surface area contributed by atoms with E-state index in [0.29, 0.717) is 11.1 Å². The molecular formula is C9H12ClNO. The third-order valence-corrected chi connectivity index (χ3v) is 1.91. The average molecular weight is 186 g/mol. The summed E-state index contributed by atoms with van der Waals surface area (Å²) in [7, 11) is 0. The number of hydrogen-bond donors (Lipinski definition) is 1. The van der Waals surface area contributed by atoms with Crippen LogP contribution < -0.4 is 0 Å². The quantitative estimate of drug-likeness (QED) is 0.718. The van der Waals surface area contributed by atoms with Gasteiger partial charge in [0.25, 0.3) is 0 Å². The average Bonchev–Trinajstić information content (AvgIpc) is 2.04. The second-order valence-electron chi connectivity index (χ2n) is 2.99. The Hall–Kier alpha value is -0.600. The Kier molecular flexibility index (Phi) is 3.06. The van der Waals surface area contributed by atoms with Crippen LogP contribution in [0.25, 0.3) is 0 Å². The van der Waals surface area contributed by atoms with Gasteiger partial charge in [0.05, 0.1) is 12.3 Å². The summed E-state index contributed by atoms with van der Waals surface area (Å²) in [5.74, 6) is 0.297. The van der Waals surface area contributed by atoms with Gasteiger partial charge in [0.1, 0.15) is 5.15 Å². The Morgan fingerprint density at radius 3 is 2.67 bits per heavy atom. The van der Waals surface area contributed by atoms with E-state index in [1.54, 1.807) is 6.07 Å². The van der Waals surface area contributed by atoms with Crippen molar-refractivity contribution < 1.29 is 5.11 Å². The van der Waals surface area contributed by atoms with Crippen molar-refractivity contribution in [3.63, 3.8) is 0 Å². The number of aromatic nitrogens is 1. The molecule has 1 rings (SSSR count). The molecule has 12 heavy (non-hydrogen) atoms. The second kappa shape index (κ2) is 3.87. The monoisotopic (exact) mass is 185 g/mol. The van der Waals surface area contributed by atoms with Gasteiger partial charge >= 0.3 is 0 Å². The highest BCUT2D eigenvalue weighted by molar-refractivity contribution is 6.29. The first-order valence-electron chi connectivity index (χ1n) is 3.91. The Balaban J connectivity index is 3.12. The van der Waals surface area contributed by atoms with Gasteiger partial charge in [0, 0.05) is 0 Å². The van der Waals surface area contributed by atoms with E-state index in [-0.39, 0.29) is 6.61 Å². The number of pyridine rings is 1. The molecule has 0 spiro atoms. The van der Waals surface area contributed by atoms with Crippen LogP contribution in [0.1, 0.15) is 31.0 Å². The summed E-state index contributed by atoms with van der Waals surface area (Å²) in [5, 5.41) is 9.46. The molecule has 1 N–H and O–H groups in total. The lowest BCUT2D eigenvalue weighted by Gasteiger charge is -2.09. The first-order chi connectivity index (χ1) is 5.65. The normalized spacial score (nSPS) is 10.8. The van der Waals surface area contributed by atoms with E-state index in [9.17, 15) is 0 Å².